The Hall–Kier alpha value is -0.520. The summed E-state index contributed by atoms with van der Waals surface area (Å²) in [6.45, 7) is 0.874. The van der Waals surface area contributed by atoms with Crippen LogP contribution in [0.5, 0.6) is 0 Å². The average Bonchev–Trinajstić information content (AvgIpc) is 2.10. The summed E-state index contributed by atoms with van der Waals surface area (Å²) in [5.74, 6) is 0. The highest BCUT2D eigenvalue weighted by Crippen LogP contribution is 2.11. The Balaban J connectivity index is 0.000000371. The summed E-state index contributed by atoms with van der Waals surface area (Å²) in [5.41, 5.74) is 0. The van der Waals surface area contributed by atoms with Gasteiger partial charge in [-0.2, -0.15) is 0 Å². The molecule has 1 atom stereocenters. The Labute approximate surface area is 62.5 Å². The quantitative estimate of drug-likeness (QED) is 0.515. The van der Waals surface area contributed by atoms with Crippen LogP contribution in [0.4, 0.5) is 0 Å². The lowest BCUT2D eigenvalue weighted by molar-refractivity contribution is -0.145. The molecular formula is C8H14O2. The molecule has 0 aliphatic carbocycles. The van der Waals surface area contributed by atoms with Gasteiger partial charge in [0.05, 0.1) is 0 Å². The van der Waals surface area contributed by atoms with Crippen LogP contribution >= 0.6 is 0 Å². The standard InChI is InChI=1S/C6H12O2.C2H2/c1-7-6-4-2-3-5-8-6;1-2/h6H,2-5H2,1H3;1-2H. The van der Waals surface area contributed by atoms with E-state index in [-0.39, 0.29) is 6.29 Å². The van der Waals surface area contributed by atoms with E-state index in [1.165, 1.54) is 12.8 Å². The minimum Gasteiger partial charge on any atom is -0.356 e. The van der Waals surface area contributed by atoms with Crippen molar-refractivity contribution in [1.29, 1.82) is 0 Å². The molecule has 0 aromatic rings. The first kappa shape index (κ1) is 9.48. The van der Waals surface area contributed by atoms with E-state index in [1.54, 1.807) is 7.11 Å². The third-order valence-corrected chi connectivity index (χ3v) is 1.40. The van der Waals surface area contributed by atoms with Gasteiger partial charge in [0.25, 0.3) is 0 Å². The van der Waals surface area contributed by atoms with E-state index >= 15 is 0 Å². The molecule has 0 radical (unpaired) electrons. The van der Waals surface area contributed by atoms with Crippen LogP contribution in [0.2, 0.25) is 0 Å². The summed E-state index contributed by atoms with van der Waals surface area (Å²) < 4.78 is 10.2. The average molecular weight is 142 g/mol. The number of hydrogen-bond donors (Lipinski definition) is 0. The van der Waals surface area contributed by atoms with Crippen LogP contribution < -0.4 is 0 Å². The molecule has 1 aliphatic heterocycles. The van der Waals surface area contributed by atoms with Crippen molar-refractivity contribution in [1.82, 2.24) is 0 Å². The molecule has 58 valence electrons. The zero-order valence-corrected chi connectivity index (χ0v) is 6.38. The molecule has 0 aromatic carbocycles. The Morgan fingerprint density at radius 1 is 1.40 bits per heavy atom. The summed E-state index contributed by atoms with van der Waals surface area (Å²) >= 11 is 0. The van der Waals surface area contributed by atoms with Crippen molar-refractivity contribution in [3.05, 3.63) is 0 Å². The van der Waals surface area contributed by atoms with Gasteiger partial charge in [0, 0.05) is 13.7 Å². The molecule has 1 fully saturated rings. The van der Waals surface area contributed by atoms with E-state index in [0.717, 1.165) is 13.0 Å². The molecular weight excluding hydrogens is 128 g/mol. The molecule has 0 bridgehead atoms. The highest BCUT2D eigenvalue weighted by molar-refractivity contribution is 4.52. The minimum atomic E-state index is 0.0868. The number of methoxy groups -OCH3 is 1. The van der Waals surface area contributed by atoms with Gasteiger partial charge in [-0.15, -0.1) is 12.8 Å². The fourth-order valence-corrected chi connectivity index (χ4v) is 0.897. The minimum absolute atomic E-state index is 0.0868. The van der Waals surface area contributed by atoms with E-state index in [9.17, 15) is 0 Å². The smallest absolute Gasteiger partial charge is 0.157 e. The van der Waals surface area contributed by atoms with E-state index in [1.807, 2.05) is 0 Å². The van der Waals surface area contributed by atoms with Crippen LogP contribution in [0.1, 0.15) is 19.3 Å². The molecule has 1 rings (SSSR count). The van der Waals surface area contributed by atoms with E-state index in [2.05, 4.69) is 12.8 Å². The maximum atomic E-state index is 5.20. The van der Waals surface area contributed by atoms with Gasteiger partial charge in [0.2, 0.25) is 0 Å². The zero-order valence-electron chi connectivity index (χ0n) is 6.38. The normalized spacial score (nSPS) is 24.5. The number of ether oxygens (including phenoxy) is 2. The third-order valence-electron chi connectivity index (χ3n) is 1.40. The second kappa shape index (κ2) is 6.60. The topological polar surface area (TPSA) is 18.5 Å². The van der Waals surface area contributed by atoms with E-state index in [0.29, 0.717) is 0 Å². The Kier molecular flexibility index (Phi) is 6.25. The Bertz CT molecular complexity index is 82.5. The largest absolute Gasteiger partial charge is 0.356 e. The van der Waals surface area contributed by atoms with Crippen LogP contribution in [0, 0.1) is 12.8 Å². The summed E-state index contributed by atoms with van der Waals surface area (Å²) in [7, 11) is 1.69. The molecule has 1 heterocycles. The van der Waals surface area contributed by atoms with Gasteiger partial charge >= 0.3 is 0 Å². The predicted octanol–water partition coefficient (Wildman–Crippen LogP) is 1.41. The SMILES string of the molecule is C#C.COC1CCCCO1. The van der Waals surface area contributed by atoms with Crippen molar-refractivity contribution in [2.24, 2.45) is 0 Å². The van der Waals surface area contributed by atoms with Gasteiger partial charge in [0.1, 0.15) is 0 Å². The predicted molar refractivity (Wildman–Crippen MR) is 40.5 cm³/mol. The lowest BCUT2D eigenvalue weighted by Crippen LogP contribution is -2.20. The molecule has 1 aliphatic rings. The second-order valence-electron chi connectivity index (χ2n) is 2.03. The Morgan fingerprint density at radius 2 is 2.10 bits per heavy atom. The summed E-state index contributed by atoms with van der Waals surface area (Å²) in [4.78, 5) is 0. The lowest BCUT2D eigenvalue weighted by Gasteiger charge is -2.20. The van der Waals surface area contributed by atoms with Gasteiger partial charge in [-0.1, -0.05) is 0 Å². The molecule has 0 aromatic heterocycles. The second-order valence-corrected chi connectivity index (χ2v) is 2.03. The molecule has 1 unspecified atom stereocenters. The Morgan fingerprint density at radius 3 is 2.40 bits per heavy atom. The monoisotopic (exact) mass is 142 g/mol. The third kappa shape index (κ3) is 3.49. The molecule has 2 nitrogen and oxygen atoms in total. The molecule has 1 saturated heterocycles. The van der Waals surface area contributed by atoms with Crippen molar-refractivity contribution in [2.75, 3.05) is 13.7 Å². The zero-order chi connectivity index (χ0) is 7.82. The number of hydrogen-bond acceptors (Lipinski definition) is 2. The highest BCUT2D eigenvalue weighted by Gasteiger charge is 2.10. The van der Waals surface area contributed by atoms with Gasteiger partial charge in [-0.05, 0) is 19.3 Å². The fraction of sp³-hybridized carbons (Fsp3) is 0.750. The highest BCUT2D eigenvalue weighted by atomic mass is 16.7. The van der Waals surface area contributed by atoms with Gasteiger partial charge in [0.15, 0.2) is 6.29 Å². The first-order valence-corrected chi connectivity index (χ1v) is 3.41. The van der Waals surface area contributed by atoms with Crippen LogP contribution in [0.25, 0.3) is 0 Å². The van der Waals surface area contributed by atoms with Gasteiger partial charge < -0.3 is 9.47 Å². The van der Waals surface area contributed by atoms with Crippen molar-refractivity contribution in [3.63, 3.8) is 0 Å². The van der Waals surface area contributed by atoms with Crippen LogP contribution in [-0.2, 0) is 9.47 Å². The molecule has 10 heavy (non-hydrogen) atoms. The molecule has 0 N–H and O–H groups in total. The van der Waals surface area contributed by atoms with Crippen molar-refractivity contribution < 1.29 is 9.47 Å². The van der Waals surface area contributed by atoms with Gasteiger partial charge in [-0.3, -0.25) is 0 Å². The first-order chi connectivity index (χ1) is 4.93. The number of terminal acetylenes is 1. The summed E-state index contributed by atoms with van der Waals surface area (Å²) in [6, 6.07) is 0. The first-order valence-electron chi connectivity index (χ1n) is 3.41. The van der Waals surface area contributed by atoms with Crippen LogP contribution in [0.3, 0.4) is 0 Å². The van der Waals surface area contributed by atoms with Crippen molar-refractivity contribution in [2.45, 2.75) is 25.6 Å². The molecule has 0 spiro atoms. The van der Waals surface area contributed by atoms with Crippen LogP contribution in [-0.4, -0.2) is 20.0 Å². The fourth-order valence-electron chi connectivity index (χ4n) is 0.897. The molecule has 2 heteroatoms. The van der Waals surface area contributed by atoms with Crippen LogP contribution in [0.15, 0.2) is 0 Å². The van der Waals surface area contributed by atoms with Gasteiger partial charge in [-0.25, -0.2) is 0 Å². The van der Waals surface area contributed by atoms with E-state index < -0.39 is 0 Å². The summed E-state index contributed by atoms with van der Waals surface area (Å²) in [5, 5.41) is 0. The van der Waals surface area contributed by atoms with E-state index in [4.69, 9.17) is 9.47 Å². The van der Waals surface area contributed by atoms with Crippen molar-refractivity contribution in [3.8, 4) is 12.8 Å². The lowest BCUT2D eigenvalue weighted by atomic mass is 10.2. The maximum Gasteiger partial charge on any atom is 0.157 e. The maximum absolute atomic E-state index is 5.20. The molecule has 0 amide bonds. The molecule has 0 saturated carbocycles. The van der Waals surface area contributed by atoms with Crippen molar-refractivity contribution >= 4 is 0 Å². The number of rotatable bonds is 1. The summed E-state index contributed by atoms with van der Waals surface area (Å²) in [6.07, 6.45) is 11.6.